The number of amides is 3. The van der Waals surface area contributed by atoms with Crippen molar-refractivity contribution in [2.24, 2.45) is 35.5 Å². The number of imide groups is 1. The van der Waals surface area contributed by atoms with Crippen molar-refractivity contribution in [3.8, 4) is 0 Å². The highest BCUT2D eigenvalue weighted by atomic mass is 35.5. The number of nitrogens with one attached hydrogen (secondary N) is 1. The van der Waals surface area contributed by atoms with Gasteiger partial charge in [0.1, 0.15) is 0 Å². The van der Waals surface area contributed by atoms with Gasteiger partial charge in [-0.1, -0.05) is 42.0 Å². The topological polar surface area (TPSA) is 66.5 Å². The Bertz CT molecular complexity index is 1150. The molecule has 0 radical (unpaired) electrons. The van der Waals surface area contributed by atoms with Crippen molar-refractivity contribution >= 4 is 40.7 Å². The molecule has 1 saturated heterocycles. The van der Waals surface area contributed by atoms with E-state index in [9.17, 15) is 14.4 Å². The molecule has 3 amide bonds. The van der Waals surface area contributed by atoms with Crippen LogP contribution in [-0.4, -0.2) is 17.7 Å². The third-order valence-electron chi connectivity index (χ3n) is 7.50. The molecule has 6 atom stereocenters. The summed E-state index contributed by atoms with van der Waals surface area (Å²) in [6, 6.07) is 12.1. The Morgan fingerprint density at radius 1 is 1.00 bits per heavy atom. The van der Waals surface area contributed by atoms with E-state index in [0.717, 1.165) is 12.0 Å². The summed E-state index contributed by atoms with van der Waals surface area (Å²) >= 11 is 6.08. The summed E-state index contributed by atoms with van der Waals surface area (Å²) in [6.45, 7) is 1.88. The lowest BCUT2D eigenvalue weighted by molar-refractivity contribution is -0.124. The summed E-state index contributed by atoms with van der Waals surface area (Å²) in [7, 11) is 0. The number of allylic oxidation sites excluding steroid dienone is 2. The molecule has 0 unspecified atom stereocenters. The number of hydrogen-bond acceptors (Lipinski definition) is 3. The van der Waals surface area contributed by atoms with E-state index in [-0.39, 0.29) is 41.4 Å². The van der Waals surface area contributed by atoms with Crippen LogP contribution < -0.4 is 10.2 Å². The molecular weight excluding hydrogens is 412 g/mol. The first-order chi connectivity index (χ1) is 15.0. The van der Waals surface area contributed by atoms with Gasteiger partial charge in [-0.15, -0.1) is 0 Å². The molecule has 4 aliphatic carbocycles. The van der Waals surface area contributed by atoms with Gasteiger partial charge in [-0.05, 0) is 66.8 Å². The van der Waals surface area contributed by atoms with Gasteiger partial charge < -0.3 is 5.32 Å². The average molecular weight is 433 g/mol. The summed E-state index contributed by atoms with van der Waals surface area (Å²) in [5, 5.41) is 3.40. The van der Waals surface area contributed by atoms with Crippen molar-refractivity contribution < 1.29 is 14.4 Å². The van der Waals surface area contributed by atoms with E-state index in [0.29, 0.717) is 33.8 Å². The van der Waals surface area contributed by atoms with Crippen molar-refractivity contribution in [1.82, 2.24) is 0 Å². The van der Waals surface area contributed by atoms with E-state index in [2.05, 4.69) is 17.5 Å². The number of nitrogens with zero attached hydrogens (tertiary/aromatic N) is 1. The van der Waals surface area contributed by atoms with Crippen LogP contribution in [-0.2, 0) is 9.59 Å². The number of carbonyl (C=O) groups is 3. The van der Waals surface area contributed by atoms with Gasteiger partial charge in [0.05, 0.1) is 23.1 Å². The quantitative estimate of drug-likeness (QED) is 0.575. The molecule has 156 valence electrons. The fourth-order valence-electron chi connectivity index (χ4n) is 5.97. The Balaban J connectivity index is 1.35. The Morgan fingerprint density at radius 3 is 2.32 bits per heavy atom. The van der Waals surface area contributed by atoms with Crippen molar-refractivity contribution in [3.05, 3.63) is 70.8 Å². The smallest absolute Gasteiger partial charge is 0.257 e. The fraction of sp³-hybridized carbons (Fsp3) is 0.320. The molecule has 2 aromatic rings. The van der Waals surface area contributed by atoms with Crippen LogP contribution in [0.3, 0.4) is 0 Å². The van der Waals surface area contributed by atoms with E-state index in [1.165, 1.54) is 4.90 Å². The summed E-state index contributed by atoms with van der Waals surface area (Å²) in [5.41, 5.74) is 2.13. The first kappa shape index (κ1) is 18.8. The maximum atomic E-state index is 13.5. The van der Waals surface area contributed by atoms with Crippen molar-refractivity contribution in [2.45, 2.75) is 13.3 Å². The number of hydrogen-bond donors (Lipinski definition) is 1. The zero-order chi connectivity index (χ0) is 21.4. The predicted octanol–water partition coefficient (Wildman–Crippen LogP) is 4.46. The minimum atomic E-state index is -0.375. The average Bonchev–Trinajstić information content (AvgIpc) is 3.54. The zero-order valence-corrected chi connectivity index (χ0v) is 17.7. The molecule has 1 heterocycles. The lowest BCUT2D eigenvalue weighted by atomic mass is 9.63. The minimum Gasteiger partial charge on any atom is -0.322 e. The van der Waals surface area contributed by atoms with Crippen LogP contribution in [0.15, 0.2) is 54.6 Å². The van der Waals surface area contributed by atoms with Crippen LogP contribution in [0.5, 0.6) is 0 Å². The maximum absolute atomic E-state index is 13.5. The van der Waals surface area contributed by atoms with Crippen molar-refractivity contribution in [2.75, 3.05) is 10.2 Å². The Morgan fingerprint density at radius 2 is 1.65 bits per heavy atom. The number of para-hydroxylation sites is 1. The van der Waals surface area contributed by atoms with E-state index in [1.54, 1.807) is 36.4 Å². The first-order valence-corrected chi connectivity index (χ1v) is 11.1. The SMILES string of the molecule is Cc1ccc(Cl)cc1NC(=O)c1ccccc1N1C(=O)[C@@H]2[C@@H]3C=C[C@@H]([C@H]4C[C@@H]34)[C@@H]2C1=O. The Labute approximate surface area is 185 Å². The highest BCUT2D eigenvalue weighted by Gasteiger charge is 2.67. The largest absolute Gasteiger partial charge is 0.322 e. The molecule has 3 fully saturated rings. The molecule has 31 heavy (non-hydrogen) atoms. The first-order valence-electron chi connectivity index (χ1n) is 10.7. The van der Waals surface area contributed by atoms with Gasteiger partial charge in [-0.2, -0.15) is 0 Å². The van der Waals surface area contributed by atoms with Crippen LogP contribution in [0.25, 0.3) is 0 Å². The second kappa shape index (κ2) is 6.54. The third kappa shape index (κ3) is 2.66. The molecule has 0 aromatic heterocycles. The minimum absolute atomic E-state index is 0.150. The number of benzene rings is 2. The Kier molecular flexibility index (Phi) is 3.97. The molecule has 0 spiro atoms. The highest BCUT2D eigenvalue weighted by Crippen LogP contribution is 2.65. The van der Waals surface area contributed by atoms with Gasteiger partial charge >= 0.3 is 0 Å². The Hall–Kier alpha value is -2.92. The zero-order valence-electron chi connectivity index (χ0n) is 16.9. The van der Waals surface area contributed by atoms with Crippen LogP contribution in [0.1, 0.15) is 22.3 Å². The van der Waals surface area contributed by atoms with Gasteiger partial charge in [0.2, 0.25) is 11.8 Å². The molecule has 7 rings (SSSR count). The summed E-state index contributed by atoms with van der Waals surface area (Å²) < 4.78 is 0. The van der Waals surface area contributed by atoms with E-state index < -0.39 is 0 Å². The molecular formula is C25H21ClN2O3. The van der Waals surface area contributed by atoms with Gasteiger partial charge in [0, 0.05) is 10.7 Å². The molecule has 2 bridgehead atoms. The maximum Gasteiger partial charge on any atom is 0.257 e. The normalized spacial score (nSPS) is 32.1. The second-order valence-corrected chi connectivity index (χ2v) is 9.53. The number of rotatable bonds is 3. The van der Waals surface area contributed by atoms with E-state index in [1.807, 2.05) is 13.0 Å². The number of carbonyl (C=O) groups excluding carboxylic acids is 3. The number of aryl methyl sites for hydroxylation is 1. The monoisotopic (exact) mass is 432 g/mol. The highest BCUT2D eigenvalue weighted by molar-refractivity contribution is 6.31. The molecule has 6 heteroatoms. The van der Waals surface area contributed by atoms with E-state index >= 15 is 0 Å². The molecule has 1 N–H and O–H groups in total. The van der Waals surface area contributed by atoms with E-state index in [4.69, 9.17) is 11.6 Å². The van der Waals surface area contributed by atoms with Gasteiger partial charge in [0.25, 0.3) is 5.91 Å². The van der Waals surface area contributed by atoms with Crippen LogP contribution in [0, 0.1) is 42.4 Å². The van der Waals surface area contributed by atoms with Crippen LogP contribution in [0.2, 0.25) is 5.02 Å². The molecule has 2 aromatic carbocycles. The summed E-state index contributed by atoms with van der Waals surface area (Å²) in [4.78, 5) is 41.4. The molecule has 2 saturated carbocycles. The van der Waals surface area contributed by atoms with Gasteiger partial charge in [-0.3, -0.25) is 14.4 Å². The van der Waals surface area contributed by atoms with Crippen LogP contribution in [0.4, 0.5) is 11.4 Å². The van der Waals surface area contributed by atoms with Gasteiger partial charge in [0.15, 0.2) is 0 Å². The molecule has 1 aliphatic heterocycles. The summed E-state index contributed by atoms with van der Waals surface area (Å²) in [5.74, 6) is 0.0796. The second-order valence-electron chi connectivity index (χ2n) is 9.10. The number of halogens is 1. The predicted molar refractivity (Wildman–Crippen MR) is 118 cm³/mol. The standard InChI is InChI=1S/C25H21ClN2O3/c1-12-6-7-13(26)10-19(12)27-23(29)16-4-2-3-5-20(16)28-24(30)21-14-8-9-15(18-11-17(14)18)22(21)25(28)31/h2-10,14-15,17-18,21-22H,11H2,1H3,(H,27,29)/t14-,15+,17+,18-,21-,22+. The lowest BCUT2D eigenvalue weighted by Gasteiger charge is -2.37. The number of anilines is 2. The molecule has 5 nitrogen and oxygen atoms in total. The summed E-state index contributed by atoms with van der Waals surface area (Å²) in [6.07, 6.45) is 5.41. The third-order valence-corrected chi connectivity index (χ3v) is 7.74. The lowest BCUT2D eigenvalue weighted by Crippen LogP contribution is -2.40. The fourth-order valence-corrected chi connectivity index (χ4v) is 6.15. The van der Waals surface area contributed by atoms with Crippen molar-refractivity contribution in [1.29, 1.82) is 0 Å². The van der Waals surface area contributed by atoms with Crippen molar-refractivity contribution in [3.63, 3.8) is 0 Å². The van der Waals surface area contributed by atoms with Crippen LogP contribution >= 0.6 is 11.6 Å². The molecule has 5 aliphatic rings. The van der Waals surface area contributed by atoms with Gasteiger partial charge in [-0.25, -0.2) is 4.90 Å².